The number of ether oxygens (including phenoxy) is 1. The fraction of sp³-hybridized carbons (Fsp3) is 0.778. The van der Waals surface area contributed by atoms with E-state index in [1.807, 2.05) is 0 Å². The first kappa shape index (κ1) is 10.5. The molecule has 1 atom stereocenters. The molecule has 1 rings (SSSR count). The molecule has 75 valence electrons. The molecule has 4 heteroatoms. The molecule has 0 bridgehead atoms. The maximum atomic E-state index is 11.1. The van der Waals surface area contributed by atoms with Crippen LogP contribution in [0.25, 0.3) is 0 Å². The number of nitrogens with two attached hydrogens (primary N) is 1. The fourth-order valence-corrected chi connectivity index (χ4v) is 1.34. The maximum absolute atomic E-state index is 11.1. The molecule has 1 aliphatic carbocycles. The molecule has 3 N–H and O–H groups in total. The molecule has 0 aromatic rings. The first-order chi connectivity index (χ1) is 6.24. The summed E-state index contributed by atoms with van der Waals surface area (Å²) < 4.78 is 5.10. The van der Waals surface area contributed by atoms with Crippen LogP contribution in [0.3, 0.4) is 0 Å². The van der Waals surface area contributed by atoms with Crippen molar-refractivity contribution in [2.75, 3.05) is 6.61 Å². The second kappa shape index (κ2) is 5.19. The van der Waals surface area contributed by atoms with E-state index in [0.29, 0.717) is 0 Å². The second-order valence-electron chi connectivity index (χ2n) is 3.29. The number of hydrogen-bond acceptors (Lipinski definition) is 4. The smallest absolute Gasteiger partial charge is 0.325 e. The molecule has 1 radical (unpaired) electrons. The Morgan fingerprint density at radius 1 is 1.62 bits per heavy atom. The summed E-state index contributed by atoms with van der Waals surface area (Å²) >= 11 is 0. The van der Waals surface area contributed by atoms with Gasteiger partial charge >= 0.3 is 5.97 Å². The Morgan fingerprint density at radius 2 is 2.23 bits per heavy atom. The largest absolute Gasteiger partial charge is 0.461 e. The molecule has 0 amide bonds. The summed E-state index contributed by atoms with van der Waals surface area (Å²) in [5.74, 6) is -0.491. The van der Waals surface area contributed by atoms with E-state index in [0.717, 1.165) is 25.7 Å². The quantitative estimate of drug-likeness (QED) is 0.608. The Kier molecular flexibility index (Phi) is 4.18. The molecule has 0 unspecified atom stereocenters. The Hall–Kier alpha value is -0.610. The van der Waals surface area contributed by atoms with Gasteiger partial charge in [0.1, 0.15) is 12.1 Å². The van der Waals surface area contributed by atoms with Crippen LogP contribution in [-0.4, -0.2) is 29.8 Å². The summed E-state index contributed by atoms with van der Waals surface area (Å²) in [7, 11) is 0. The van der Waals surface area contributed by atoms with Gasteiger partial charge in [-0.1, -0.05) is 0 Å². The summed E-state index contributed by atoms with van der Waals surface area (Å²) in [5, 5.41) is 8.60. The molecule has 1 fully saturated rings. The fourth-order valence-electron chi connectivity index (χ4n) is 1.34. The van der Waals surface area contributed by atoms with E-state index in [9.17, 15) is 4.79 Å². The minimum Gasteiger partial charge on any atom is -0.461 e. The number of hydrogen-bond donors (Lipinski definition) is 2. The highest BCUT2D eigenvalue weighted by Gasteiger charge is 2.21. The van der Waals surface area contributed by atoms with Gasteiger partial charge in [0.05, 0.1) is 6.61 Å². The van der Waals surface area contributed by atoms with E-state index >= 15 is 0 Å². The Morgan fingerprint density at radius 3 is 2.77 bits per heavy atom. The maximum Gasteiger partial charge on any atom is 0.325 e. The van der Waals surface area contributed by atoms with E-state index in [1.165, 1.54) is 0 Å². The standard InChI is InChI=1S/C9H16NO3/c10-8(6-11)9(12)13-7-4-2-1-3-5-7/h1,7-8,11H,2-6,10H2/t8-/m0/s1. The molecule has 0 saturated heterocycles. The third-order valence-corrected chi connectivity index (χ3v) is 2.17. The minimum absolute atomic E-state index is 0.00454. The molecular weight excluding hydrogens is 170 g/mol. The highest BCUT2D eigenvalue weighted by atomic mass is 16.5. The van der Waals surface area contributed by atoms with E-state index in [1.54, 1.807) is 0 Å². The molecule has 0 heterocycles. The van der Waals surface area contributed by atoms with Crippen LogP contribution in [0.4, 0.5) is 0 Å². The number of carbonyl (C=O) groups is 1. The van der Waals surface area contributed by atoms with Gasteiger partial charge in [-0.2, -0.15) is 0 Å². The van der Waals surface area contributed by atoms with Crippen LogP contribution in [0.5, 0.6) is 0 Å². The van der Waals surface area contributed by atoms with Crippen molar-refractivity contribution in [1.29, 1.82) is 0 Å². The lowest BCUT2D eigenvalue weighted by atomic mass is 9.98. The van der Waals surface area contributed by atoms with E-state index in [2.05, 4.69) is 6.42 Å². The summed E-state index contributed by atoms with van der Waals surface area (Å²) in [6, 6.07) is -0.883. The van der Waals surface area contributed by atoms with Gasteiger partial charge in [0, 0.05) is 0 Å². The average Bonchev–Trinajstić information content (AvgIpc) is 2.18. The zero-order chi connectivity index (χ0) is 9.68. The van der Waals surface area contributed by atoms with Crippen LogP contribution in [0.15, 0.2) is 0 Å². The van der Waals surface area contributed by atoms with Crippen LogP contribution < -0.4 is 5.73 Å². The van der Waals surface area contributed by atoms with E-state index in [-0.39, 0.29) is 12.7 Å². The highest BCUT2D eigenvalue weighted by molar-refractivity contribution is 5.75. The molecule has 0 aliphatic heterocycles. The molecule has 1 saturated carbocycles. The van der Waals surface area contributed by atoms with Gasteiger partial charge in [-0.15, -0.1) is 0 Å². The number of aliphatic hydroxyl groups is 1. The normalized spacial score (nSPS) is 21.1. The summed E-state index contributed by atoms with van der Waals surface area (Å²) in [4.78, 5) is 11.1. The van der Waals surface area contributed by atoms with Gasteiger partial charge in [-0.05, 0) is 32.1 Å². The number of rotatable bonds is 3. The molecule has 4 nitrogen and oxygen atoms in total. The molecule has 1 aliphatic rings. The minimum atomic E-state index is -0.883. The van der Waals surface area contributed by atoms with Crippen molar-refractivity contribution >= 4 is 5.97 Å². The Bertz CT molecular complexity index is 166. The van der Waals surface area contributed by atoms with Gasteiger partial charge in [-0.25, -0.2) is 0 Å². The lowest BCUT2D eigenvalue weighted by molar-refractivity contribution is -0.152. The first-order valence-corrected chi connectivity index (χ1v) is 4.62. The lowest BCUT2D eigenvalue weighted by Gasteiger charge is -2.22. The topological polar surface area (TPSA) is 72.5 Å². The monoisotopic (exact) mass is 186 g/mol. The van der Waals surface area contributed by atoms with Crippen molar-refractivity contribution in [2.45, 2.75) is 37.8 Å². The molecule has 0 aromatic heterocycles. The number of aliphatic hydroxyl groups excluding tert-OH is 1. The van der Waals surface area contributed by atoms with Gasteiger partial charge in [0.15, 0.2) is 0 Å². The SMILES string of the molecule is N[C@@H](CO)C(=O)OC1CC[CH]CC1. The molecule has 0 spiro atoms. The zero-order valence-corrected chi connectivity index (χ0v) is 7.61. The third kappa shape index (κ3) is 3.32. The van der Waals surface area contributed by atoms with Crippen molar-refractivity contribution in [2.24, 2.45) is 5.73 Å². The zero-order valence-electron chi connectivity index (χ0n) is 7.61. The number of esters is 1. The van der Waals surface area contributed by atoms with Crippen molar-refractivity contribution < 1.29 is 14.6 Å². The van der Waals surface area contributed by atoms with E-state index in [4.69, 9.17) is 15.6 Å². The van der Waals surface area contributed by atoms with Gasteiger partial charge in [0.2, 0.25) is 0 Å². The third-order valence-electron chi connectivity index (χ3n) is 2.17. The predicted molar refractivity (Wildman–Crippen MR) is 47.7 cm³/mol. The average molecular weight is 186 g/mol. The van der Waals surface area contributed by atoms with Gasteiger partial charge in [0.25, 0.3) is 0 Å². The number of carbonyl (C=O) groups excluding carboxylic acids is 1. The first-order valence-electron chi connectivity index (χ1n) is 4.62. The van der Waals surface area contributed by atoms with Gasteiger partial charge in [-0.3, -0.25) is 4.79 Å². The molecule has 0 aromatic carbocycles. The van der Waals surface area contributed by atoms with Crippen molar-refractivity contribution in [3.05, 3.63) is 6.42 Å². The Balaban J connectivity index is 2.26. The summed E-state index contributed by atoms with van der Waals surface area (Å²) in [6.45, 7) is -0.350. The Labute approximate surface area is 78.1 Å². The van der Waals surface area contributed by atoms with Crippen LogP contribution in [0, 0.1) is 6.42 Å². The van der Waals surface area contributed by atoms with Crippen LogP contribution in [0.2, 0.25) is 0 Å². The highest BCUT2D eigenvalue weighted by Crippen LogP contribution is 2.19. The predicted octanol–water partition coefficient (Wildman–Crippen LogP) is -0.00391. The summed E-state index contributed by atoms with van der Waals surface area (Å²) in [5.41, 5.74) is 5.30. The lowest BCUT2D eigenvalue weighted by Crippen LogP contribution is -2.38. The molecular formula is C9H16NO3. The van der Waals surface area contributed by atoms with Crippen molar-refractivity contribution in [3.8, 4) is 0 Å². The van der Waals surface area contributed by atoms with Gasteiger partial charge < -0.3 is 15.6 Å². The summed E-state index contributed by atoms with van der Waals surface area (Å²) in [6.07, 6.45) is 5.93. The van der Waals surface area contributed by atoms with E-state index < -0.39 is 12.0 Å². The van der Waals surface area contributed by atoms with Crippen LogP contribution in [-0.2, 0) is 9.53 Å². The van der Waals surface area contributed by atoms with Crippen LogP contribution >= 0.6 is 0 Å². The van der Waals surface area contributed by atoms with Crippen molar-refractivity contribution in [1.82, 2.24) is 0 Å². The molecule has 13 heavy (non-hydrogen) atoms. The van der Waals surface area contributed by atoms with Crippen molar-refractivity contribution in [3.63, 3.8) is 0 Å². The van der Waals surface area contributed by atoms with Crippen LogP contribution in [0.1, 0.15) is 25.7 Å². The second-order valence-corrected chi connectivity index (χ2v) is 3.29.